The minimum absolute atomic E-state index is 0.0345. The molecule has 1 fully saturated rings. The topological polar surface area (TPSA) is 74.8 Å². The van der Waals surface area contributed by atoms with E-state index in [0.717, 1.165) is 0 Å². The van der Waals surface area contributed by atoms with Gasteiger partial charge in [-0.15, -0.1) is 6.58 Å². The fourth-order valence-corrected chi connectivity index (χ4v) is 6.02. The Morgan fingerprint density at radius 3 is 1.81 bits per heavy atom. The van der Waals surface area contributed by atoms with Crippen LogP contribution in [0, 0.1) is 0 Å². The Morgan fingerprint density at radius 1 is 0.808 bits per heavy atom. The molecule has 2 aromatic rings. The van der Waals surface area contributed by atoms with E-state index in [1.807, 2.05) is 0 Å². The van der Waals surface area contributed by atoms with Crippen molar-refractivity contribution in [2.45, 2.75) is 15.8 Å². The van der Waals surface area contributed by atoms with Crippen LogP contribution in [0.15, 0.2) is 83.1 Å². The van der Waals surface area contributed by atoms with Crippen molar-refractivity contribution in [3.63, 3.8) is 0 Å². The highest BCUT2D eigenvalue weighted by Gasteiger charge is 2.38. The van der Waals surface area contributed by atoms with Crippen molar-refractivity contribution < 1.29 is 16.8 Å². The van der Waals surface area contributed by atoms with E-state index in [0.29, 0.717) is 0 Å². The van der Waals surface area contributed by atoms with Gasteiger partial charge in [0, 0.05) is 19.6 Å². The van der Waals surface area contributed by atoms with Gasteiger partial charge in [0.2, 0.25) is 20.0 Å². The Labute approximate surface area is 154 Å². The first kappa shape index (κ1) is 18.8. The van der Waals surface area contributed by atoms with Crippen LogP contribution in [0.25, 0.3) is 0 Å². The number of benzene rings is 2. The molecule has 0 saturated carbocycles. The van der Waals surface area contributed by atoms with Crippen molar-refractivity contribution >= 4 is 20.0 Å². The minimum atomic E-state index is -3.72. The summed E-state index contributed by atoms with van der Waals surface area (Å²) in [5, 5.41) is 0. The highest BCUT2D eigenvalue weighted by Crippen LogP contribution is 2.25. The molecule has 1 heterocycles. The lowest BCUT2D eigenvalue weighted by Gasteiger charge is -2.38. The van der Waals surface area contributed by atoms with Gasteiger partial charge in [0.25, 0.3) is 0 Å². The predicted octanol–water partition coefficient (Wildman–Crippen LogP) is 1.94. The average Bonchev–Trinajstić information content (AvgIpc) is 2.68. The van der Waals surface area contributed by atoms with Crippen LogP contribution in [-0.4, -0.2) is 51.1 Å². The Bertz CT molecular complexity index is 974. The standard InChI is InChI=1S/C18H20N2O4S2/c1-2-16-15-19(25(21,22)17-9-5-3-6-10-17)13-14-20(16)26(23,24)18-11-7-4-8-12-18/h2-12,16H,1,13-15H2. The summed E-state index contributed by atoms with van der Waals surface area (Å²) in [6.45, 7) is 3.90. The zero-order valence-electron chi connectivity index (χ0n) is 14.1. The van der Waals surface area contributed by atoms with E-state index in [2.05, 4.69) is 6.58 Å². The molecule has 0 aliphatic carbocycles. The Hall–Kier alpha value is -2.00. The lowest BCUT2D eigenvalue weighted by molar-refractivity contribution is 0.230. The third-order valence-corrected chi connectivity index (χ3v) is 8.15. The Balaban J connectivity index is 1.87. The van der Waals surface area contributed by atoms with Gasteiger partial charge in [0.1, 0.15) is 0 Å². The number of sulfonamides is 2. The first-order chi connectivity index (χ1) is 12.4. The zero-order valence-corrected chi connectivity index (χ0v) is 15.7. The summed E-state index contributed by atoms with van der Waals surface area (Å²) in [4.78, 5) is 0.383. The van der Waals surface area contributed by atoms with E-state index < -0.39 is 26.1 Å². The summed E-state index contributed by atoms with van der Waals surface area (Å²) < 4.78 is 54.0. The van der Waals surface area contributed by atoms with Crippen molar-refractivity contribution in [1.82, 2.24) is 8.61 Å². The number of hydrogen-bond acceptors (Lipinski definition) is 4. The molecule has 0 amide bonds. The summed E-state index contributed by atoms with van der Waals surface area (Å²) in [5.41, 5.74) is 0. The molecule has 2 aromatic carbocycles. The molecule has 0 radical (unpaired) electrons. The third kappa shape index (κ3) is 3.45. The van der Waals surface area contributed by atoms with E-state index in [1.54, 1.807) is 36.4 Å². The molecule has 8 heteroatoms. The lowest BCUT2D eigenvalue weighted by atomic mass is 10.2. The van der Waals surface area contributed by atoms with Gasteiger partial charge in [-0.2, -0.15) is 8.61 Å². The van der Waals surface area contributed by atoms with Crippen LogP contribution in [0.1, 0.15) is 0 Å². The monoisotopic (exact) mass is 392 g/mol. The molecule has 0 bridgehead atoms. The van der Waals surface area contributed by atoms with Crippen molar-refractivity contribution in [2.75, 3.05) is 19.6 Å². The smallest absolute Gasteiger partial charge is 0.207 e. The van der Waals surface area contributed by atoms with Crippen LogP contribution in [0.2, 0.25) is 0 Å². The Morgan fingerprint density at radius 2 is 1.31 bits per heavy atom. The van der Waals surface area contributed by atoms with Gasteiger partial charge in [-0.3, -0.25) is 0 Å². The van der Waals surface area contributed by atoms with Crippen LogP contribution < -0.4 is 0 Å². The molecule has 1 aliphatic heterocycles. The summed E-state index contributed by atoms with van der Waals surface area (Å²) in [6.07, 6.45) is 1.48. The summed E-state index contributed by atoms with van der Waals surface area (Å²) in [6, 6.07) is 15.6. The second-order valence-electron chi connectivity index (χ2n) is 5.91. The van der Waals surface area contributed by atoms with Gasteiger partial charge in [0.15, 0.2) is 0 Å². The van der Waals surface area contributed by atoms with E-state index in [4.69, 9.17) is 0 Å². The van der Waals surface area contributed by atoms with Gasteiger partial charge in [-0.25, -0.2) is 16.8 Å². The van der Waals surface area contributed by atoms with Crippen LogP contribution in [0.5, 0.6) is 0 Å². The van der Waals surface area contributed by atoms with Crippen molar-refractivity contribution in [1.29, 1.82) is 0 Å². The molecule has 3 rings (SSSR count). The van der Waals surface area contributed by atoms with E-state index >= 15 is 0 Å². The lowest BCUT2D eigenvalue weighted by Crippen LogP contribution is -2.55. The maximum Gasteiger partial charge on any atom is 0.243 e. The van der Waals surface area contributed by atoms with Crippen LogP contribution >= 0.6 is 0 Å². The molecule has 138 valence electrons. The van der Waals surface area contributed by atoms with Crippen LogP contribution in [0.3, 0.4) is 0 Å². The molecule has 1 saturated heterocycles. The van der Waals surface area contributed by atoms with Gasteiger partial charge in [-0.1, -0.05) is 42.5 Å². The molecule has 0 spiro atoms. The predicted molar refractivity (Wildman–Crippen MR) is 99.5 cm³/mol. The van der Waals surface area contributed by atoms with E-state index in [9.17, 15) is 16.8 Å². The van der Waals surface area contributed by atoms with Gasteiger partial charge < -0.3 is 0 Å². The number of hydrogen-bond donors (Lipinski definition) is 0. The quantitative estimate of drug-likeness (QED) is 0.729. The van der Waals surface area contributed by atoms with Crippen LogP contribution in [0.4, 0.5) is 0 Å². The normalized spacial score (nSPS) is 19.9. The van der Waals surface area contributed by atoms with E-state index in [-0.39, 0.29) is 29.4 Å². The summed E-state index contributed by atoms with van der Waals surface area (Å²) in [5.74, 6) is 0. The van der Waals surface area contributed by atoms with Crippen molar-refractivity contribution in [3.8, 4) is 0 Å². The van der Waals surface area contributed by atoms with Gasteiger partial charge in [0.05, 0.1) is 15.8 Å². The fourth-order valence-electron chi connectivity index (χ4n) is 2.95. The number of nitrogens with zero attached hydrogens (tertiary/aromatic N) is 2. The first-order valence-electron chi connectivity index (χ1n) is 8.12. The van der Waals surface area contributed by atoms with Crippen LogP contribution in [-0.2, 0) is 20.0 Å². The highest BCUT2D eigenvalue weighted by molar-refractivity contribution is 7.89. The number of rotatable bonds is 5. The molecule has 0 N–H and O–H groups in total. The highest BCUT2D eigenvalue weighted by atomic mass is 32.2. The number of piperazine rings is 1. The maximum absolute atomic E-state index is 12.9. The Kier molecular flexibility index (Phi) is 5.29. The second kappa shape index (κ2) is 7.32. The third-order valence-electron chi connectivity index (χ3n) is 4.33. The van der Waals surface area contributed by atoms with Gasteiger partial charge >= 0.3 is 0 Å². The zero-order chi connectivity index (χ0) is 18.8. The second-order valence-corrected chi connectivity index (χ2v) is 9.74. The molecular weight excluding hydrogens is 372 g/mol. The molecule has 0 aromatic heterocycles. The molecule has 6 nitrogen and oxygen atoms in total. The maximum atomic E-state index is 12.9. The van der Waals surface area contributed by atoms with Crippen molar-refractivity contribution in [3.05, 3.63) is 73.3 Å². The molecular formula is C18H20N2O4S2. The molecule has 1 unspecified atom stereocenters. The SMILES string of the molecule is C=CC1CN(S(=O)(=O)c2ccccc2)CCN1S(=O)(=O)c1ccccc1. The molecule has 26 heavy (non-hydrogen) atoms. The average molecular weight is 393 g/mol. The molecule has 1 aliphatic rings. The minimum Gasteiger partial charge on any atom is -0.207 e. The first-order valence-corrected chi connectivity index (χ1v) is 11.0. The van der Waals surface area contributed by atoms with E-state index in [1.165, 1.54) is 39.0 Å². The summed E-state index contributed by atoms with van der Waals surface area (Å²) >= 11 is 0. The largest absolute Gasteiger partial charge is 0.243 e. The summed E-state index contributed by atoms with van der Waals surface area (Å²) in [7, 11) is -7.39. The van der Waals surface area contributed by atoms with Crippen molar-refractivity contribution in [2.24, 2.45) is 0 Å². The molecule has 1 atom stereocenters. The fraction of sp³-hybridized carbons (Fsp3) is 0.222. The van der Waals surface area contributed by atoms with Gasteiger partial charge in [-0.05, 0) is 24.3 Å².